The topological polar surface area (TPSA) is 32.3 Å². The first-order valence-electron chi connectivity index (χ1n) is 8.42. The molecule has 0 unspecified atom stereocenters. The van der Waals surface area contributed by atoms with Crippen molar-refractivity contribution in [3.05, 3.63) is 70.5 Å². The van der Waals surface area contributed by atoms with Crippen LogP contribution in [0.5, 0.6) is 0 Å². The Kier molecular flexibility index (Phi) is 5.14. The molecule has 3 aromatic rings. The summed E-state index contributed by atoms with van der Waals surface area (Å²) in [5.41, 5.74) is 2.91. The molecule has 0 spiro atoms. The van der Waals surface area contributed by atoms with E-state index in [-0.39, 0.29) is 10.9 Å². The summed E-state index contributed by atoms with van der Waals surface area (Å²) in [5.74, 6) is -0.504. The van der Waals surface area contributed by atoms with Crippen LogP contribution in [0.2, 0.25) is 5.02 Å². The molecule has 0 aliphatic rings. The van der Waals surface area contributed by atoms with Crippen LogP contribution in [0.3, 0.4) is 0 Å². The second kappa shape index (κ2) is 7.34. The molecule has 0 aliphatic heterocycles. The molecule has 3 nitrogen and oxygen atoms in total. The van der Waals surface area contributed by atoms with Crippen LogP contribution in [0.15, 0.2) is 48.5 Å². The summed E-state index contributed by atoms with van der Waals surface area (Å²) in [6.45, 7) is 4.55. The Bertz CT molecular complexity index is 987. The maximum Gasteiger partial charge on any atom is 0.254 e. The summed E-state index contributed by atoms with van der Waals surface area (Å²) >= 11 is 6.07. The molecule has 0 saturated heterocycles. The zero-order valence-electron chi connectivity index (χ0n) is 14.9. The van der Waals surface area contributed by atoms with E-state index < -0.39 is 5.82 Å². The lowest BCUT2D eigenvalue weighted by molar-refractivity contribution is 0.0804. The highest BCUT2D eigenvalue weighted by Gasteiger charge is 2.17. The second-order valence-electron chi connectivity index (χ2n) is 6.20. The first-order chi connectivity index (χ1) is 12.4. The third-order valence-electron chi connectivity index (χ3n) is 4.52. The van der Waals surface area contributed by atoms with Crippen molar-refractivity contribution in [3.63, 3.8) is 0 Å². The maximum atomic E-state index is 13.7. The van der Waals surface area contributed by atoms with Gasteiger partial charge in [-0.25, -0.2) is 4.39 Å². The lowest BCUT2D eigenvalue weighted by Crippen LogP contribution is -2.26. The van der Waals surface area contributed by atoms with Gasteiger partial charge in [-0.2, -0.15) is 0 Å². The fourth-order valence-electron chi connectivity index (χ4n) is 2.97. The van der Waals surface area contributed by atoms with E-state index in [0.717, 1.165) is 22.0 Å². The summed E-state index contributed by atoms with van der Waals surface area (Å²) in [6.07, 6.45) is 0. The Labute approximate surface area is 157 Å². The van der Waals surface area contributed by atoms with Crippen LogP contribution >= 0.6 is 11.6 Å². The van der Waals surface area contributed by atoms with Crippen molar-refractivity contribution in [1.82, 2.24) is 4.90 Å². The van der Waals surface area contributed by atoms with Crippen molar-refractivity contribution in [1.29, 1.82) is 0 Å². The van der Waals surface area contributed by atoms with Gasteiger partial charge in [0.15, 0.2) is 0 Å². The highest BCUT2D eigenvalue weighted by molar-refractivity contribution is 6.33. The fraction of sp³-hybridized carbons (Fsp3) is 0.190. The number of benzene rings is 3. The molecule has 3 aromatic carbocycles. The molecule has 0 saturated carbocycles. The van der Waals surface area contributed by atoms with E-state index in [1.807, 2.05) is 38.1 Å². The van der Waals surface area contributed by atoms with Crippen LogP contribution in [0.1, 0.15) is 22.8 Å². The second-order valence-corrected chi connectivity index (χ2v) is 6.58. The number of anilines is 2. The molecule has 0 aromatic heterocycles. The van der Waals surface area contributed by atoms with Crippen LogP contribution in [-0.2, 0) is 0 Å². The predicted molar refractivity (Wildman–Crippen MR) is 106 cm³/mol. The average Bonchev–Trinajstić information content (AvgIpc) is 2.64. The average molecular weight is 371 g/mol. The molecule has 3 rings (SSSR count). The minimum atomic E-state index is -0.478. The number of nitrogens with one attached hydrogen (secondary N) is 1. The molecule has 134 valence electrons. The van der Waals surface area contributed by atoms with Crippen LogP contribution in [0.4, 0.5) is 15.8 Å². The number of rotatable bonds is 4. The number of amides is 1. The summed E-state index contributed by atoms with van der Waals surface area (Å²) in [4.78, 5) is 14.4. The number of hydrogen-bond acceptors (Lipinski definition) is 2. The maximum absolute atomic E-state index is 13.7. The smallest absolute Gasteiger partial charge is 0.254 e. The number of aryl methyl sites for hydroxylation is 1. The van der Waals surface area contributed by atoms with Crippen molar-refractivity contribution in [2.75, 3.05) is 18.9 Å². The minimum absolute atomic E-state index is 0.0258. The van der Waals surface area contributed by atoms with Gasteiger partial charge in [-0.15, -0.1) is 0 Å². The van der Waals surface area contributed by atoms with Gasteiger partial charge in [-0.1, -0.05) is 35.9 Å². The zero-order chi connectivity index (χ0) is 18.8. The van der Waals surface area contributed by atoms with Gasteiger partial charge in [-0.3, -0.25) is 4.79 Å². The lowest BCUT2D eigenvalue weighted by Gasteiger charge is -2.19. The van der Waals surface area contributed by atoms with Gasteiger partial charge in [0, 0.05) is 30.2 Å². The quantitative estimate of drug-likeness (QED) is 0.631. The van der Waals surface area contributed by atoms with Crippen molar-refractivity contribution in [2.45, 2.75) is 13.8 Å². The van der Waals surface area contributed by atoms with Crippen molar-refractivity contribution >= 4 is 39.7 Å². The fourth-order valence-corrected chi connectivity index (χ4v) is 3.14. The predicted octanol–water partition coefficient (Wildman–Crippen LogP) is 5.78. The number of carbonyl (C=O) groups excluding carboxylic acids is 1. The molecule has 1 N–H and O–H groups in total. The minimum Gasteiger partial charge on any atom is -0.354 e. The van der Waals surface area contributed by atoms with Gasteiger partial charge in [-0.05, 0) is 49.1 Å². The molecule has 5 heteroatoms. The van der Waals surface area contributed by atoms with E-state index in [4.69, 9.17) is 11.6 Å². The molecular weight excluding hydrogens is 351 g/mol. The van der Waals surface area contributed by atoms with Gasteiger partial charge >= 0.3 is 0 Å². The molecule has 0 aliphatic carbocycles. The summed E-state index contributed by atoms with van der Waals surface area (Å²) in [7, 11) is 1.78. The van der Waals surface area contributed by atoms with Crippen molar-refractivity contribution in [2.24, 2.45) is 0 Å². The van der Waals surface area contributed by atoms with E-state index in [2.05, 4.69) is 5.32 Å². The van der Waals surface area contributed by atoms with Gasteiger partial charge < -0.3 is 10.2 Å². The van der Waals surface area contributed by atoms with Gasteiger partial charge in [0.05, 0.1) is 10.7 Å². The molecule has 0 atom stereocenters. The van der Waals surface area contributed by atoms with Crippen molar-refractivity contribution in [3.8, 4) is 0 Å². The van der Waals surface area contributed by atoms with Crippen LogP contribution in [-0.4, -0.2) is 24.4 Å². The van der Waals surface area contributed by atoms with Crippen LogP contribution in [0, 0.1) is 12.7 Å². The Hall–Kier alpha value is -2.59. The third kappa shape index (κ3) is 3.25. The molecule has 0 bridgehead atoms. The molecule has 26 heavy (non-hydrogen) atoms. The highest BCUT2D eigenvalue weighted by Crippen LogP contribution is 2.34. The lowest BCUT2D eigenvalue weighted by atomic mass is 9.97. The summed E-state index contributed by atoms with van der Waals surface area (Å²) in [6, 6.07) is 14.1. The Balaban J connectivity index is 2.16. The Morgan fingerprint density at radius 3 is 2.58 bits per heavy atom. The summed E-state index contributed by atoms with van der Waals surface area (Å²) < 4.78 is 13.7. The molecule has 0 fully saturated rings. The first-order valence-corrected chi connectivity index (χ1v) is 8.80. The van der Waals surface area contributed by atoms with E-state index >= 15 is 0 Å². The van der Waals surface area contributed by atoms with Crippen molar-refractivity contribution < 1.29 is 9.18 Å². The van der Waals surface area contributed by atoms with E-state index in [9.17, 15) is 9.18 Å². The standard InChI is InChI=1S/C21H20ClFN2O/c1-4-25(3)21(26)15-11-12-17(14-8-5-7-13(2)19(14)15)24-18-10-6-9-16(23)20(18)22/h5-12,24H,4H2,1-3H3. The van der Waals surface area contributed by atoms with Crippen LogP contribution in [0.25, 0.3) is 10.8 Å². The van der Waals surface area contributed by atoms with Crippen LogP contribution < -0.4 is 5.32 Å². The molecule has 0 heterocycles. The summed E-state index contributed by atoms with van der Waals surface area (Å²) in [5, 5.41) is 5.01. The third-order valence-corrected chi connectivity index (χ3v) is 4.91. The largest absolute Gasteiger partial charge is 0.354 e. The Morgan fingerprint density at radius 1 is 1.12 bits per heavy atom. The number of hydrogen-bond donors (Lipinski definition) is 1. The number of carbonyl (C=O) groups is 1. The van der Waals surface area contributed by atoms with E-state index in [1.165, 1.54) is 6.07 Å². The molecule has 1 amide bonds. The Morgan fingerprint density at radius 2 is 1.85 bits per heavy atom. The first kappa shape index (κ1) is 18.2. The molecular formula is C21H20ClFN2O. The number of nitrogens with zero attached hydrogens (tertiary/aromatic N) is 1. The van der Waals surface area contributed by atoms with Gasteiger partial charge in [0.1, 0.15) is 5.82 Å². The normalized spacial score (nSPS) is 10.8. The van der Waals surface area contributed by atoms with Gasteiger partial charge in [0.2, 0.25) is 0 Å². The van der Waals surface area contributed by atoms with Gasteiger partial charge in [0.25, 0.3) is 5.91 Å². The van der Waals surface area contributed by atoms with E-state index in [1.54, 1.807) is 30.1 Å². The zero-order valence-corrected chi connectivity index (χ0v) is 15.7. The SMILES string of the molecule is CCN(C)C(=O)c1ccc(Nc2cccc(F)c2Cl)c2cccc(C)c12. The van der Waals surface area contributed by atoms with E-state index in [0.29, 0.717) is 17.8 Å². The molecule has 0 radical (unpaired) electrons. The number of halogens is 2. The number of fused-ring (bicyclic) bond motifs is 1. The monoisotopic (exact) mass is 370 g/mol. The highest BCUT2D eigenvalue weighted by atomic mass is 35.5.